The average molecular weight is 380 g/mol. The van der Waals surface area contributed by atoms with E-state index in [1.807, 2.05) is 4.90 Å². The first kappa shape index (κ1) is 18.3. The molecular formula is C21H21FN4O2. The molecule has 3 heterocycles. The van der Waals surface area contributed by atoms with Gasteiger partial charge in [0, 0.05) is 37.5 Å². The molecule has 7 heteroatoms. The van der Waals surface area contributed by atoms with Crippen molar-refractivity contribution in [2.45, 2.75) is 25.7 Å². The van der Waals surface area contributed by atoms with Gasteiger partial charge in [0.15, 0.2) is 5.82 Å². The summed E-state index contributed by atoms with van der Waals surface area (Å²) in [6.07, 6.45) is 6.93. The van der Waals surface area contributed by atoms with E-state index in [2.05, 4.69) is 15.1 Å². The van der Waals surface area contributed by atoms with Crippen molar-refractivity contribution in [3.8, 4) is 11.5 Å². The Morgan fingerprint density at radius 2 is 2.11 bits per heavy atom. The van der Waals surface area contributed by atoms with Crippen LogP contribution in [0, 0.1) is 11.7 Å². The SMILES string of the molecule is O=C(c1cccnc1)N1CCCC(CCc2noc(-c3ccc(F)cc3)n2)C1. The number of piperidine rings is 1. The Hall–Kier alpha value is -3.09. The van der Waals surface area contributed by atoms with Crippen molar-refractivity contribution < 1.29 is 13.7 Å². The number of hydrogen-bond donors (Lipinski definition) is 0. The van der Waals surface area contributed by atoms with E-state index < -0.39 is 0 Å². The summed E-state index contributed by atoms with van der Waals surface area (Å²) in [7, 11) is 0. The number of carbonyl (C=O) groups is 1. The van der Waals surface area contributed by atoms with Gasteiger partial charge in [0.2, 0.25) is 0 Å². The molecule has 0 radical (unpaired) electrons. The molecule has 0 bridgehead atoms. The smallest absolute Gasteiger partial charge is 0.257 e. The molecule has 0 saturated carbocycles. The average Bonchev–Trinajstić information content (AvgIpc) is 3.22. The van der Waals surface area contributed by atoms with Gasteiger partial charge in [-0.25, -0.2) is 4.39 Å². The molecule has 1 aliphatic rings. The van der Waals surface area contributed by atoms with E-state index in [0.717, 1.165) is 32.4 Å². The van der Waals surface area contributed by atoms with Gasteiger partial charge in [-0.2, -0.15) is 4.98 Å². The second-order valence-corrected chi connectivity index (χ2v) is 7.06. The third kappa shape index (κ3) is 4.24. The molecule has 1 fully saturated rings. The summed E-state index contributed by atoms with van der Waals surface area (Å²) in [6, 6.07) is 9.56. The molecule has 1 amide bonds. The van der Waals surface area contributed by atoms with Crippen LogP contribution in [0.2, 0.25) is 0 Å². The summed E-state index contributed by atoms with van der Waals surface area (Å²) in [5.41, 5.74) is 1.33. The third-order valence-electron chi connectivity index (χ3n) is 5.05. The minimum Gasteiger partial charge on any atom is -0.338 e. The van der Waals surface area contributed by atoms with Gasteiger partial charge in [-0.1, -0.05) is 5.16 Å². The number of benzene rings is 1. The first-order valence-corrected chi connectivity index (χ1v) is 9.47. The number of carbonyl (C=O) groups excluding carboxylic acids is 1. The highest BCUT2D eigenvalue weighted by Crippen LogP contribution is 2.23. The number of aryl methyl sites for hydroxylation is 1. The maximum Gasteiger partial charge on any atom is 0.257 e. The first-order chi connectivity index (χ1) is 13.7. The lowest BCUT2D eigenvalue weighted by molar-refractivity contribution is 0.0667. The Labute approximate surface area is 162 Å². The van der Waals surface area contributed by atoms with Gasteiger partial charge in [0.1, 0.15) is 5.82 Å². The third-order valence-corrected chi connectivity index (χ3v) is 5.05. The molecule has 28 heavy (non-hydrogen) atoms. The number of aromatic nitrogens is 3. The summed E-state index contributed by atoms with van der Waals surface area (Å²) >= 11 is 0. The number of likely N-dealkylation sites (tertiary alicyclic amines) is 1. The molecule has 6 nitrogen and oxygen atoms in total. The van der Waals surface area contributed by atoms with Crippen molar-refractivity contribution in [2.75, 3.05) is 13.1 Å². The van der Waals surface area contributed by atoms with E-state index in [4.69, 9.17) is 4.52 Å². The quantitative estimate of drug-likeness (QED) is 0.674. The normalized spacial score (nSPS) is 16.9. The van der Waals surface area contributed by atoms with Gasteiger partial charge in [-0.15, -0.1) is 0 Å². The second-order valence-electron chi connectivity index (χ2n) is 7.06. The molecule has 144 valence electrons. The van der Waals surface area contributed by atoms with Gasteiger partial charge < -0.3 is 9.42 Å². The highest BCUT2D eigenvalue weighted by Gasteiger charge is 2.25. The number of hydrogen-bond acceptors (Lipinski definition) is 5. The zero-order valence-electron chi connectivity index (χ0n) is 15.4. The summed E-state index contributed by atoms with van der Waals surface area (Å²) in [5, 5.41) is 4.03. The fraction of sp³-hybridized carbons (Fsp3) is 0.333. The topological polar surface area (TPSA) is 72.1 Å². The summed E-state index contributed by atoms with van der Waals surface area (Å²) in [5.74, 6) is 1.17. The van der Waals surface area contributed by atoms with Crippen LogP contribution in [-0.4, -0.2) is 39.0 Å². The maximum absolute atomic E-state index is 13.0. The molecule has 1 aromatic carbocycles. The van der Waals surface area contributed by atoms with Gasteiger partial charge in [0.05, 0.1) is 5.56 Å². The number of rotatable bonds is 5. The number of nitrogens with zero attached hydrogens (tertiary/aromatic N) is 4. The monoisotopic (exact) mass is 380 g/mol. The van der Waals surface area contributed by atoms with E-state index in [0.29, 0.717) is 35.2 Å². The fourth-order valence-electron chi connectivity index (χ4n) is 3.56. The molecule has 4 rings (SSSR count). The Morgan fingerprint density at radius 1 is 1.25 bits per heavy atom. The predicted molar refractivity (Wildman–Crippen MR) is 101 cm³/mol. The van der Waals surface area contributed by atoms with Crippen molar-refractivity contribution in [1.82, 2.24) is 20.0 Å². The Kier molecular flexibility index (Phi) is 5.41. The Balaban J connectivity index is 1.34. The van der Waals surface area contributed by atoms with Gasteiger partial charge >= 0.3 is 0 Å². The summed E-state index contributed by atoms with van der Waals surface area (Å²) in [6.45, 7) is 1.51. The summed E-state index contributed by atoms with van der Waals surface area (Å²) in [4.78, 5) is 23.0. The molecule has 3 aromatic rings. The van der Waals surface area contributed by atoms with Crippen molar-refractivity contribution in [3.63, 3.8) is 0 Å². The van der Waals surface area contributed by atoms with Crippen LogP contribution >= 0.6 is 0 Å². The van der Waals surface area contributed by atoms with Crippen LogP contribution < -0.4 is 0 Å². The molecule has 1 saturated heterocycles. The van der Waals surface area contributed by atoms with Crippen LogP contribution in [0.1, 0.15) is 35.4 Å². The van der Waals surface area contributed by atoms with E-state index >= 15 is 0 Å². The second kappa shape index (κ2) is 8.29. The van der Waals surface area contributed by atoms with Crippen LogP contribution in [-0.2, 0) is 6.42 Å². The molecule has 2 aromatic heterocycles. The number of amides is 1. The Bertz CT molecular complexity index is 927. The van der Waals surface area contributed by atoms with Gasteiger partial charge in [0.25, 0.3) is 11.8 Å². The van der Waals surface area contributed by atoms with E-state index in [9.17, 15) is 9.18 Å². The molecule has 0 spiro atoms. The molecule has 1 unspecified atom stereocenters. The largest absolute Gasteiger partial charge is 0.338 e. The van der Waals surface area contributed by atoms with Crippen LogP contribution in [0.3, 0.4) is 0 Å². The number of halogens is 1. The van der Waals surface area contributed by atoms with Crippen molar-refractivity contribution in [1.29, 1.82) is 0 Å². The van der Waals surface area contributed by atoms with E-state index in [1.54, 1.807) is 36.7 Å². The first-order valence-electron chi connectivity index (χ1n) is 9.47. The van der Waals surface area contributed by atoms with Crippen molar-refractivity contribution >= 4 is 5.91 Å². The molecule has 1 aliphatic heterocycles. The zero-order chi connectivity index (χ0) is 19.3. The van der Waals surface area contributed by atoms with Crippen LogP contribution in [0.5, 0.6) is 0 Å². The highest BCUT2D eigenvalue weighted by molar-refractivity contribution is 5.93. The molecular weight excluding hydrogens is 359 g/mol. The number of pyridine rings is 1. The lowest BCUT2D eigenvalue weighted by atomic mass is 9.93. The fourth-order valence-corrected chi connectivity index (χ4v) is 3.56. The molecule has 0 aliphatic carbocycles. The molecule has 0 N–H and O–H groups in total. The minimum absolute atomic E-state index is 0.0379. The standard InChI is InChI=1S/C21H21FN4O2/c22-18-8-6-16(7-9-18)20-24-19(25-28-20)10-5-15-3-2-12-26(14-15)21(27)17-4-1-11-23-13-17/h1,4,6-9,11,13,15H,2-3,5,10,12,14H2. The van der Waals surface area contributed by atoms with Gasteiger partial charge in [-0.3, -0.25) is 9.78 Å². The highest BCUT2D eigenvalue weighted by atomic mass is 19.1. The van der Waals surface area contributed by atoms with E-state index in [-0.39, 0.29) is 11.7 Å². The van der Waals surface area contributed by atoms with Crippen LogP contribution in [0.25, 0.3) is 11.5 Å². The zero-order valence-corrected chi connectivity index (χ0v) is 15.4. The lowest BCUT2D eigenvalue weighted by Crippen LogP contribution is -2.40. The van der Waals surface area contributed by atoms with Crippen molar-refractivity contribution in [3.05, 3.63) is 66.0 Å². The minimum atomic E-state index is -0.300. The summed E-state index contributed by atoms with van der Waals surface area (Å²) < 4.78 is 18.3. The van der Waals surface area contributed by atoms with Gasteiger partial charge in [-0.05, 0) is 61.6 Å². The van der Waals surface area contributed by atoms with E-state index in [1.165, 1.54) is 12.1 Å². The predicted octanol–water partition coefficient (Wildman–Crippen LogP) is 3.76. The molecule has 1 atom stereocenters. The van der Waals surface area contributed by atoms with Crippen LogP contribution in [0.15, 0.2) is 53.3 Å². The van der Waals surface area contributed by atoms with Crippen LogP contribution in [0.4, 0.5) is 4.39 Å². The van der Waals surface area contributed by atoms with Crippen molar-refractivity contribution in [2.24, 2.45) is 5.92 Å². The Morgan fingerprint density at radius 3 is 2.89 bits per heavy atom. The lowest BCUT2D eigenvalue weighted by Gasteiger charge is -2.32. The maximum atomic E-state index is 13.0.